The number of esters is 1. The molecule has 0 unspecified atom stereocenters. The molecule has 0 atom stereocenters. The Hall–Kier alpha value is -1.45. The number of fused-ring (bicyclic) bond motifs is 2. The topological polar surface area (TPSA) is 26.3 Å². The van der Waals surface area contributed by atoms with Gasteiger partial charge in [0, 0.05) is 21.2 Å². The number of benzene rings is 2. The van der Waals surface area contributed by atoms with Gasteiger partial charge >= 0.3 is 5.97 Å². The first kappa shape index (κ1) is 13.5. The average molecular weight is 305 g/mol. The first-order chi connectivity index (χ1) is 9.69. The summed E-state index contributed by atoms with van der Waals surface area (Å²) in [6, 6.07) is 11.8. The summed E-state index contributed by atoms with van der Waals surface area (Å²) in [6.07, 6.45) is 0.740. The fourth-order valence-corrected chi connectivity index (χ4v) is 3.76. The van der Waals surface area contributed by atoms with Gasteiger partial charge in [-0.05, 0) is 36.2 Å². The number of rotatable bonds is 2. The molecule has 0 amide bonds. The van der Waals surface area contributed by atoms with E-state index in [4.69, 9.17) is 16.3 Å². The lowest BCUT2D eigenvalue weighted by Gasteiger charge is -2.21. The minimum Gasteiger partial charge on any atom is -0.462 e. The van der Waals surface area contributed by atoms with Crippen molar-refractivity contribution >= 4 is 29.3 Å². The van der Waals surface area contributed by atoms with E-state index in [-0.39, 0.29) is 5.97 Å². The van der Waals surface area contributed by atoms with E-state index in [0.717, 1.165) is 16.9 Å². The van der Waals surface area contributed by atoms with Crippen LogP contribution in [0.1, 0.15) is 28.4 Å². The van der Waals surface area contributed by atoms with Gasteiger partial charge in [0.05, 0.1) is 12.2 Å². The molecule has 1 heterocycles. The van der Waals surface area contributed by atoms with Gasteiger partial charge in [-0.15, -0.1) is 0 Å². The molecule has 2 aromatic rings. The Morgan fingerprint density at radius 3 is 2.90 bits per heavy atom. The van der Waals surface area contributed by atoms with Crippen molar-refractivity contribution < 1.29 is 9.53 Å². The second-order valence-corrected chi connectivity index (χ2v) is 6.06. The molecule has 0 aromatic heterocycles. The van der Waals surface area contributed by atoms with Gasteiger partial charge < -0.3 is 4.74 Å². The molecule has 0 saturated carbocycles. The summed E-state index contributed by atoms with van der Waals surface area (Å²) in [5, 5.41) is 0.568. The third kappa shape index (κ3) is 2.43. The van der Waals surface area contributed by atoms with E-state index < -0.39 is 0 Å². The molecule has 1 aliphatic rings. The van der Waals surface area contributed by atoms with Crippen molar-refractivity contribution in [1.29, 1.82) is 0 Å². The highest BCUT2D eigenvalue weighted by Gasteiger charge is 2.23. The van der Waals surface area contributed by atoms with Crippen molar-refractivity contribution in [2.45, 2.75) is 23.1 Å². The zero-order valence-corrected chi connectivity index (χ0v) is 12.6. The van der Waals surface area contributed by atoms with Gasteiger partial charge in [-0.1, -0.05) is 41.6 Å². The lowest BCUT2D eigenvalue weighted by molar-refractivity contribution is 0.0525. The van der Waals surface area contributed by atoms with E-state index in [1.165, 1.54) is 10.5 Å². The van der Waals surface area contributed by atoms with Gasteiger partial charge in [0.25, 0.3) is 0 Å². The number of carbonyl (C=O) groups is 1. The minimum absolute atomic E-state index is 0.300. The first-order valence-electron chi connectivity index (χ1n) is 6.44. The van der Waals surface area contributed by atoms with Crippen molar-refractivity contribution in [3.63, 3.8) is 0 Å². The summed E-state index contributed by atoms with van der Waals surface area (Å²) in [6.45, 7) is 2.17. The van der Waals surface area contributed by atoms with E-state index in [9.17, 15) is 4.79 Å². The lowest BCUT2D eigenvalue weighted by atomic mass is 9.99. The molecular weight excluding hydrogens is 292 g/mol. The fourth-order valence-electron chi connectivity index (χ4n) is 2.33. The summed E-state index contributed by atoms with van der Waals surface area (Å²) in [5.74, 6) is -0.300. The Balaban J connectivity index is 2.08. The molecular formula is C16H13ClO2S. The van der Waals surface area contributed by atoms with Crippen LogP contribution in [0.2, 0.25) is 5.02 Å². The zero-order chi connectivity index (χ0) is 14.1. The van der Waals surface area contributed by atoms with Crippen LogP contribution in [-0.4, -0.2) is 12.6 Å². The highest BCUT2D eigenvalue weighted by molar-refractivity contribution is 7.99. The van der Waals surface area contributed by atoms with E-state index in [1.807, 2.05) is 18.2 Å². The molecule has 2 aromatic carbocycles. The van der Waals surface area contributed by atoms with E-state index in [1.54, 1.807) is 24.8 Å². The summed E-state index contributed by atoms with van der Waals surface area (Å²) in [5.41, 5.74) is 2.82. The molecule has 0 N–H and O–H groups in total. The SMILES string of the molecule is CCOC(=O)c1cc(Cl)cc2c1Cc1ccccc1S2. The molecule has 3 rings (SSSR count). The van der Waals surface area contributed by atoms with Gasteiger partial charge in [0.2, 0.25) is 0 Å². The number of halogens is 1. The molecule has 0 spiro atoms. The van der Waals surface area contributed by atoms with Crippen molar-refractivity contribution in [2.24, 2.45) is 0 Å². The molecule has 0 bridgehead atoms. The van der Waals surface area contributed by atoms with Gasteiger partial charge in [-0.25, -0.2) is 4.79 Å². The van der Waals surface area contributed by atoms with Crippen molar-refractivity contribution in [3.8, 4) is 0 Å². The molecule has 1 aliphatic heterocycles. The third-order valence-corrected chi connectivity index (χ3v) is 4.65. The van der Waals surface area contributed by atoms with Crippen LogP contribution in [0.3, 0.4) is 0 Å². The molecule has 0 radical (unpaired) electrons. The summed E-state index contributed by atoms with van der Waals surface area (Å²) in [4.78, 5) is 14.4. The normalized spacial score (nSPS) is 12.5. The third-order valence-electron chi connectivity index (χ3n) is 3.23. The first-order valence-corrected chi connectivity index (χ1v) is 7.63. The molecule has 0 fully saturated rings. The van der Waals surface area contributed by atoms with Crippen LogP contribution in [-0.2, 0) is 11.2 Å². The van der Waals surface area contributed by atoms with Crippen LogP contribution in [0, 0.1) is 0 Å². The quantitative estimate of drug-likeness (QED) is 0.649. The molecule has 4 heteroatoms. The monoisotopic (exact) mass is 304 g/mol. The smallest absolute Gasteiger partial charge is 0.338 e. The summed E-state index contributed by atoms with van der Waals surface area (Å²) < 4.78 is 5.13. The van der Waals surface area contributed by atoms with Gasteiger partial charge in [0.15, 0.2) is 0 Å². The van der Waals surface area contributed by atoms with Crippen LogP contribution in [0.5, 0.6) is 0 Å². The molecule has 0 saturated heterocycles. The number of carbonyl (C=O) groups excluding carboxylic acids is 1. The molecule has 2 nitrogen and oxygen atoms in total. The Kier molecular flexibility index (Phi) is 3.72. The van der Waals surface area contributed by atoms with Crippen LogP contribution in [0.15, 0.2) is 46.2 Å². The molecule has 102 valence electrons. The number of ether oxygens (including phenoxy) is 1. The van der Waals surface area contributed by atoms with Crippen molar-refractivity contribution in [3.05, 3.63) is 58.1 Å². The fraction of sp³-hybridized carbons (Fsp3) is 0.188. The van der Waals surface area contributed by atoms with E-state index >= 15 is 0 Å². The van der Waals surface area contributed by atoms with Crippen LogP contribution >= 0.6 is 23.4 Å². The van der Waals surface area contributed by atoms with E-state index in [0.29, 0.717) is 17.2 Å². The van der Waals surface area contributed by atoms with Crippen molar-refractivity contribution in [1.82, 2.24) is 0 Å². The second kappa shape index (κ2) is 5.51. The van der Waals surface area contributed by atoms with Crippen LogP contribution in [0.4, 0.5) is 0 Å². The second-order valence-electron chi connectivity index (χ2n) is 4.54. The van der Waals surface area contributed by atoms with Crippen molar-refractivity contribution in [2.75, 3.05) is 6.61 Å². The maximum absolute atomic E-state index is 12.1. The van der Waals surface area contributed by atoms with Gasteiger partial charge in [0.1, 0.15) is 0 Å². The highest BCUT2D eigenvalue weighted by atomic mass is 35.5. The van der Waals surface area contributed by atoms with E-state index in [2.05, 4.69) is 12.1 Å². The zero-order valence-electron chi connectivity index (χ0n) is 11.0. The number of hydrogen-bond acceptors (Lipinski definition) is 3. The highest BCUT2D eigenvalue weighted by Crippen LogP contribution is 2.42. The Morgan fingerprint density at radius 1 is 1.30 bits per heavy atom. The average Bonchev–Trinajstić information content (AvgIpc) is 2.44. The van der Waals surface area contributed by atoms with Gasteiger partial charge in [-0.3, -0.25) is 0 Å². The van der Waals surface area contributed by atoms with Crippen LogP contribution < -0.4 is 0 Å². The van der Waals surface area contributed by atoms with Crippen LogP contribution in [0.25, 0.3) is 0 Å². The summed E-state index contributed by atoms with van der Waals surface area (Å²) in [7, 11) is 0. The Labute approximate surface area is 127 Å². The maximum atomic E-state index is 12.1. The lowest BCUT2D eigenvalue weighted by Crippen LogP contribution is -2.11. The largest absolute Gasteiger partial charge is 0.462 e. The molecule has 20 heavy (non-hydrogen) atoms. The predicted octanol–water partition coefficient (Wildman–Crippen LogP) is 4.57. The Bertz CT molecular complexity index is 682. The predicted molar refractivity (Wildman–Crippen MR) is 80.8 cm³/mol. The Morgan fingerprint density at radius 2 is 2.10 bits per heavy atom. The van der Waals surface area contributed by atoms with Gasteiger partial charge in [-0.2, -0.15) is 0 Å². The summed E-state index contributed by atoms with van der Waals surface area (Å²) >= 11 is 7.79. The molecule has 0 aliphatic carbocycles. The standard InChI is InChI=1S/C16H13ClO2S/c1-2-19-16(18)13-8-11(17)9-15-12(13)7-10-5-3-4-6-14(10)20-15/h3-6,8-9H,2,7H2,1H3. The number of hydrogen-bond donors (Lipinski definition) is 0. The maximum Gasteiger partial charge on any atom is 0.338 e. The minimum atomic E-state index is -0.300.